The maximum Gasteiger partial charge on any atom is 0.387 e. The highest BCUT2D eigenvalue weighted by atomic mass is 19.3. The largest absolute Gasteiger partial charge is 0.435 e. The van der Waals surface area contributed by atoms with Gasteiger partial charge < -0.3 is 15.6 Å². The Morgan fingerprint density at radius 1 is 1.71 bits per heavy atom. The Bertz CT molecular complexity index is 266. The van der Waals surface area contributed by atoms with E-state index < -0.39 is 12.2 Å². The topological polar surface area (TPSA) is 55.5 Å². The van der Waals surface area contributed by atoms with Crippen molar-refractivity contribution in [3.05, 3.63) is 24.0 Å². The second kappa shape index (κ2) is 4.06. The van der Waals surface area contributed by atoms with Crippen LogP contribution in [-0.2, 0) is 4.74 Å². The summed E-state index contributed by atoms with van der Waals surface area (Å²) >= 11 is 0. The van der Waals surface area contributed by atoms with Crippen molar-refractivity contribution in [2.75, 3.05) is 6.61 Å². The number of hydrogen-bond donors (Lipinski definition) is 2. The highest BCUT2D eigenvalue weighted by molar-refractivity contribution is 5.27. The van der Waals surface area contributed by atoms with E-state index >= 15 is 0 Å². The van der Waals surface area contributed by atoms with Gasteiger partial charge in [-0.15, -0.1) is 0 Å². The van der Waals surface area contributed by atoms with E-state index in [2.05, 4.69) is 4.74 Å². The summed E-state index contributed by atoms with van der Waals surface area (Å²) in [7, 11) is 0. The standard InChI is InChI=1S/C9H13F2NO2/c1-6-4-7(14-8(10)11)2-3-9(6,12)5-13/h2-4,6,8,13H,5,12H2,1H3. The number of aliphatic hydroxyl groups excluding tert-OH is 1. The second-order valence-electron chi connectivity index (χ2n) is 3.34. The molecule has 0 aromatic heterocycles. The Kier molecular flexibility index (Phi) is 3.23. The van der Waals surface area contributed by atoms with E-state index in [1.165, 1.54) is 18.2 Å². The van der Waals surface area contributed by atoms with Crippen LogP contribution in [0.25, 0.3) is 0 Å². The Labute approximate surface area is 80.9 Å². The molecule has 0 spiro atoms. The van der Waals surface area contributed by atoms with Gasteiger partial charge in [-0.1, -0.05) is 13.0 Å². The molecule has 3 nitrogen and oxygen atoms in total. The van der Waals surface area contributed by atoms with Crippen molar-refractivity contribution < 1.29 is 18.6 Å². The summed E-state index contributed by atoms with van der Waals surface area (Å²) in [5.74, 6) is -0.159. The highest BCUT2D eigenvalue weighted by Crippen LogP contribution is 2.25. The highest BCUT2D eigenvalue weighted by Gasteiger charge is 2.30. The summed E-state index contributed by atoms with van der Waals surface area (Å²) in [6.45, 7) is -1.34. The number of allylic oxidation sites excluding steroid dienone is 1. The van der Waals surface area contributed by atoms with Crippen LogP contribution in [0.5, 0.6) is 0 Å². The van der Waals surface area contributed by atoms with Crippen LogP contribution in [-0.4, -0.2) is 23.9 Å². The lowest BCUT2D eigenvalue weighted by Gasteiger charge is -2.31. The molecule has 0 saturated heterocycles. The molecule has 1 aliphatic rings. The molecule has 0 amide bonds. The molecule has 0 saturated carbocycles. The van der Waals surface area contributed by atoms with Gasteiger partial charge in [0.05, 0.1) is 12.1 Å². The van der Waals surface area contributed by atoms with Crippen molar-refractivity contribution in [2.45, 2.75) is 19.1 Å². The zero-order chi connectivity index (χ0) is 10.8. The molecular formula is C9H13F2NO2. The fraction of sp³-hybridized carbons (Fsp3) is 0.556. The fourth-order valence-corrected chi connectivity index (χ4v) is 1.22. The maximum absolute atomic E-state index is 11.8. The summed E-state index contributed by atoms with van der Waals surface area (Å²) in [6.07, 6.45) is 4.31. The Hall–Kier alpha value is -0.940. The first kappa shape index (κ1) is 11.1. The molecule has 0 bridgehead atoms. The molecule has 3 N–H and O–H groups in total. The van der Waals surface area contributed by atoms with Gasteiger partial charge >= 0.3 is 6.61 Å². The Morgan fingerprint density at radius 3 is 2.79 bits per heavy atom. The quantitative estimate of drug-likeness (QED) is 0.722. The zero-order valence-electron chi connectivity index (χ0n) is 7.78. The summed E-state index contributed by atoms with van der Waals surface area (Å²) in [5.41, 5.74) is 4.89. The van der Waals surface area contributed by atoms with E-state index in [1.807, 2.05) is 0 Å². The van der Waals surface area contributed by atoms with Crippen LogP contribution in [0.3, 0.4) is 0 Å². The SMILES string of the molecule is CC1C=C(OC(F)F)C=CC1(N)CO. The summed E-state index contributed by atoms with van der Waals surface area (Å²) < 4.78 is 27.9. The van der Waals surface area contributed by atoms with Gasteiger partial charge in [-0.05, 0) is 12.2 Å². The van der Waals surface area contributed by atoms with E-state index in [0.717, 1.165) is 0 Å². The first-order valence-corrected chi connectivity index (χ1v) is 4.23. The van der Waals surface area contributed by atoms with Crippen LogP contribution in [0, 0.1) is 5.92 Å². The van der Waals surface area contributed by atoms with Gasteiger partial charge in [-0.3, -0.25) is 0 Å². The Balaban J connectivity index is 2.72. The minimum absolute atomic E-state index is 0.0852. The van der Waals surface area contributed by atoms with Gasteiger partial charge in [0.15, 0.2) is 0 Å². The van der Waals surface area contributed by atoms with Crippen molar-refractivity contribution in [1.29, 1.82) is 0 Å². The molecule has 2 unspecified atom stereocenters. The van der Waals surface area contributed by atoms with Crippen LogP contribution in [0.1, 0.15) is 6.92 Å². The van der Waals surface area contributed by atoms with E-state index in [4.69, 9.17) is 10.8 Å². The molecule has 0 heterocycles. The van der Waals surface area contributed by atoms with Gasteiger partial charge in [0.1, 0.15) is 5.76 Å². The van der Waals surface area contributed by atoms with Gasteiger partial charge in [-0.25, -0.2) is 0 Å². The third-order valence-corrected chi connectivity index (χ3v) is 2.32. The number of rotatable bonds is 3. The number of ether oxygens (including phenoxy) is 1. The third-order valence-electron chi connectivity index (χ3n) is 2.32. The molecular weight excluding hydrogens is 192 g/mol. The average Bonchev–Trinajstić information content (AvgIpc) is 2.11. The van der Waals surface area contributed by atoms with Gasteiger partial charge in [0, 0.05) is 5.92 Å². The molecule has 80 valence electrons. The molecule has 0 radical (unpaired) electrons. The number of hydrogen-bond acceptors (Lipinski definition) is 3. The third kappa shape index (κ3) is 2.30. The van der Waals surface area contributed by atoms with Crippen LogP contribution in [0.4, 0.5) is 8.78 Å². The molecule has 0 fully saturated rings. The molecule has 0 aromatic carbocycles. The van der Waals surface area contributed by atoms with Gasteiger partial charge in [0.2, 0.25) is 0 Å². The van der Waals surface area contributed by atoms with Crippen LogP contribution < -0.4 is 5.73 Å². The summed E-state index contributed by atoms with van der Waals surface area (Å²) in [6, 6.07) is 0. The predicted octanol–water partition coefficient (Wildman–Crippen LogP) is 1.01. The molecule has 0 aliphatic heterocycles. The maximum atomic E-state index is 11.8. The predicted molar refractivity (Wildman–Crippen MR) is 47.5 cm³/mol. The van der Waals surface area contributed by atoms with E-state index in [0.29, 0.717) is 0 Å². The van der Waals surface area contributed by atoms with Crippen LogP contribution >= 0.6 is 0 Å². The minimum Gasteiger partial charge on any atom is -0.435 e. The van der Waals surface area contributed by atoms with Crippen LogP contribution in [0.2, 0.25) is 0 Å². The monoisotopic (exact) mass is 205 g/mol. The Morgan fingerprint density at radius 2 is 2.36 bits per heavy atom. The number of halogens is 2. The van der Waals surface area contributed by atoms with Crippen molar-refractivity contribution in [2.24, 2.45) is 11.7 Å². The van der Waals surface area contributed by atoms with E-state index in [-0.39, 0.29) is 18.3 Å². The van der Waals surface area contributed by atoms with Crippen molar-refractivity contribution in [3.8, 4) is 0 Å². The minimum atomic E-state index is -2.84. The van der Waals surface area contributed by atoms with Crippen molar-refractivity contribution in [3.63, 3.8) is 0 Å². The summed E-state index contributed by atoms with van der Waals surface area (Å²) in [5, 5.41) is 8.99. The summed E-state index contributed by atoms with van der Waals surface area (Å²) in [4.78, 5) is 0. The molecule has 1 aliphatic carbocycles. The lowest BCUT2D eigenvalue weighted by Crippen LogP contribution is -2.48. The van der Waals surface area contributed by atoms with Crippen molar-refractivity contribution in [1.82, 2.24) is 0 Å². The van der Waals surface area contributed by atoms with E-state index in [1.54, 1.807) is 6.92 Å². The van der Waals surface area contributed by atoms with E-state index in [9.17, 15) is 8.78 Å². The van der Waals surface area contributed by atoms with Gasteiger partial charge in [-0.2, -0.15) is 8.78 Å². The fourth-order valence-electron chi connectivity index (χ4n) is 1.22. The zero-order valence-corrected chi connectivity index (χ0v) is 7.78. The molecule has 5 heteroatoms. The smallest absolute Gasteiger partial charge is 0.387 e. The molecule has 1 rings (SSSR count). The number of alkyl halides is 2. The van der Waals surface area contributed by atoms with Crippen molar-refractivity contribution >= 4 is 0 Å². The lowest BCUT2D eigenvalue weighted by molar-refractivity contribution is -0.0931. The first-order chi connectivity index (χ1) is 6.48. The second-order valence-corrected chi connectivity index (χ2v) is 3.34. The normalized spacial score (nSPS) is 31.9. The van der Waals surface area contributed by atoms with Crippen LogP contribution in [0.15, 0.2) is 24.0 Å². The average molecular weight is 205 g/mol. The molecule has 14 heavy (non-hydrogen) atoms. The number of nitrogens with two attached hydrogens (primary N) is 1. The molecule has 0 aromatic rings. The van der Waals surface area contributed by atoms with Gasteiger partial charge in [0.25, 0.3) is 0 Å². The molecule has 2 atom stereocenters. The lowest BCUT2D eigenvalue weighted by atomic mass is 9.83. The number of aliphatic hydroxyl groups is 1. The first-order valence-electron chi connectivity index (χ1n) is 4.23.